The SMILES string of the molecule is O=S(=O)(CC1CCNCC1)NCCc1ccncc1. The molecule has 2 N–H and O–H groups in total. The average Bonchev–Trinajstić information content (AvgIpc) is 2.40. The van der Waals surface area contributed by atoms with Crippen LogP contribution in [0.25, 0.3) is 0 Å². The molecular formula is C13H21N3O2S. The third-order valence-electron chi connectivity index (χ3n) is 3.40. The second kappa shape index (κ2) is 6.98. The van der Waals surface area contributed by atoms with Gasteiger partial charge in [-0.2, -0.15) is 0 Å². The summed E-state index contributed by atoms with van der Waals surface area (Å²) in [5, 5.41) is 3.24. The molecule has 0 radical (unpaired) electrons. The first-order valence-electron chi connectivity index (χ1n) is 6.73. The number of aromatic nitrogens is 1. The standard InChI is InChI=1S/C13H21N3O2S/c17-19(18,11-13-3-8-15-9-4-13)16-10-5-12-1-6-14-7-2-12/h1-2,6-7,13,15-16H,3-5,8-11H2. The predicted molar refractivity (Wildman–Crippen MR) is 75.3 cm³/mol. The molecule has 1 aromatic rings. The Morgan fingerprint density at radius 1 is 1.26 bits per heavy atom. The van der Waals surface area contributed by atoms with E-state index in [1.54, 1.807) is 12.4 Å². The zero-order chi connectivity index (χ0) is 13.6. The number of hydrogen-bond donors (Lipinski definition) is 2. The Kier molecular flexibility index (Phi) is 5.30. The fourth-order valence-electron chi connectivity index (χ4n) is 2.32. The lowest BCUT2D eigenvalue weighted by atomic mass is 10.0. The minimum atomic E-state index is -3.14. The Labute approximate surface area is 114 Å². The van der Waals surface area contributed by atoms with E-state index >= 15 is 0 Å². The number of rotatable bonds is 6. The van der Waals surface area contributed by atoms with Gasteiger partial charge in [-0.1, -0.05) is 0 Å². The third-order valence-corrected chi connectivity index (χ3v) is 4.95. The lowest BCUT2D eigenvalue weighted by Crippen LogP contribution is -2.36. The van der Waals surface area contributed by atoms with Crippen LogP contribution in [-0.2, 0) is 16.4 Å². The monoisotopic (exact) mass is 283 g/mol. The smallest absolute Gasteiger partial charge is 0.211 e. The van der Waals surface area contributed by atoms with Gasteiger partial charge in [0, 0.05) is 18.9 Å². The van der Waals surface area contributed by atoms with Crippen molar-refractivity contribution in [2.24, 2.45) is 5.92 Å². The number of piperidine rings is 1. The minimum Gasteiger partial charge on any atom is -0.317 e. The van der Waals surface area contributed by atoms with Crippen LogP contribution in [0.1, 0.15) is 18.4 Å². The molecule has 1 fully saturated rings. The van der Waals surface area contributed by atoms with Gasteiger partial charge in [0.15, 0.2) is 0 Å². The number of sulfonamides is 1. The van der Waals surface area contributed by atoms with E-state index in [1.807, 2.05) is 12.1 Å². The average molecular weight is 283 g/mol. The highest BCUT2D eigenvalue weighted by Gasteiger charge is 2.20. The molecule has 1 aromatic heterocycles. The molecule has 0 amide bonds. The van der Waals surface area contributed by atoms with E-state index < -0.39 is 10.0 Å². The van der Waals surface area contributed by atoms with E-state index in [0.29, 0.717) is 18.9 Å². The van der Waals surface area contributed by atoms with Crippen LogP contribution in [0.4, 0.5) is 0 Å². The van der Waals surface area contributed by atoms with E-state index in [4.69, 9.17) is 0 Å². The van der Waals surface area contributed by atoms with Crippen LogP contribution in [0.3, 0.4) is 0 Å². The summed E-state index contributed by atoms with van der Waals surface area (Å²) in [4.78, 5) is 3.93. The topological polar surface area (TPSA) is 71.1 Å². The van der Waals surface area contributed by atoms with Crippen molar-refractivity contribution in [1.82, 2.24) is 15.0 Å². The zero-order valence-electron chi connectivity index (χ0n) is 11.0. The highest BCUT2D eigenvalue weighted by atomic mass is 32.2. The van der Waals surface area contributed by atoms with Gasteiger partial charge in [-0.25, -0.2) is 13.1 Å². The number of nitrogens with one attached hydrogen (secondary N) is 2. The van der Waals surface area contributed by atoms with Crippen LogP contribution in [-0.4, -0.2) is 38.8 Å². The summed E-state index contributed by atoms with van der Waals surface area (Å²) in [6.07, 6.45) is 6.04. The zero-order valence-corrected chi connectivity index (χ0v) is 11.8. The van der Waals surface area contributed by atoms with Crippen LogP contribution in [0.2, 0.25) is 0 Å². The third kappa shape index (κ3) is 5.26. The maximum atomic E-state index is 11.9. The summed E-state index contributed by atoms with van der Waals surface area (Å²) in [5.41, 5.74) is 1.10. The molecular weight excluding hydrogens is 262 g/mol. The summed E-state index contributed by atoms with van der Waals surface area (Å²) in [6, 6.07) is 3.81. The molecule has 1 aliphatic heterocycles. The summed E-state index contributed by atoms with van der Waals surface area (Å²) in [7, 11) is -3.14. The van der Waals surface area contributed by atoms with E-state index in [9.17, 15) is 8.42 Å². The molecule has 0 saturated carbocycles. The maximum absolute atomic E-state index is 11.9. The second-order valence-corrected chi connectivity index (χ2v) is 6.83. The van der Waals surface area contributed by atoms with Gasteiger partial charge in [0.1, 0.15) is 0 Å². The molecule has 5 nitrogen and oxygen atoms in total. The normalized spacial score (nSPS) is 17.5. The van der Waals surface area contributed by atoms with Gasteiger partial charge < -0.3 is 5.32 Å². The highest BCUT2D eigenvalue weighted by Crippen LogP contribution is 2.13. The maximum Gasteiger partial charge on any atom is 0.211 e. The molecule has 0 unspecified atom stereocenters. The minimum absolute atomic E-state index is 0.255. The van der Waals surface area contributed by atoms with Crippen molar-refractivity contribution in [2.75, 3.05) is 25.4 Å². The molecule has 2 rings (SSSR count). The molecule has 0 bridgehead atoms. The Morgan fingerprint density at radius 3 is 2.63 bits per heavy atom. The quantitative estimate of drug-likeness (QED) is 0.799. The van der Waals surface area contributed by atoms with Crippen LogP contribution in [0.15, 0.2) is 24.5 Å². The van der Waals surface area contributed by atoms with Gasteiger partial charge in [0.05, 0.1) is 5.75 Å². The molecule has 106 valence electrons. The molecule has 1 aliphatic rings. The summed E-state index contributed by atoms with van der Waals surface area (Å²) in [6.45, 7) is 2.31. The molecule has 2 heterocycles. The molecule has 6 heteroatoms. The Bertz CT molecular complexity index is 470. The van der Waals surface area contributed by atoms with Gasteiger partial charge in [-0.15, -0.1) is 0 Å². The van der Waals surface area contributed by atoms with Gasteiger partial charge >= 0.3 is 0 Å². The van der Waals surface area contributed by atoms with Crippen molar-refractivity contribution >= 4 is 10.0 Å². The number of hydrogen-bond acceptors (Lipinski definition) is 4. The first kappa shape index (κ1) is 14.4. The van der Waals surface area contributed by atoms with Gasteiger partial charge in [0.25, 0.3) is 0 Å². The number of nitrogens with zero attached hydrogens (tertiary/aromatic N) is 1. The van der Waals surface area contributed by atoms with E-state index in [2.05, 4.69) is 15.0 Å². The molecule has 1 saturated heterocycles. The van der Waals surface area contributed by atoms with Gasteiger partial charge in [-0.05, 0) is 56.0 Å². The first-order valence-corrected chi connectivity index (χ1v) is 8.38. The largest absolute Gasteiger partial charge is 0.317 e. The van der Waals surface area contributed by atoms with Crippen molar-refractivity contribution in [2.45, 2.75) is 19.3 Å². The first-order chi connectivity index (χ1) is 9.16. The Hall–Kier alpha value is -0.980. The van der Waals surface area contributed by atoms with Crippen molar-refractivity contribution in [3.8, 4) is 0 Å². The summed E-state index contributed by atoms with van der Waals surface area (Å²) in [5.74, 6) is 0.546. The molecule has 0 spiro atoms. The number of pyridine rings is 1. The summed E-state index contributed by atoms with van der Waals surface area (Å²) >= 11 is 0. The van der Waals surface area contributed by atoms with Crippen molar-refractivity contribution in [3.05, 3.63) is 30.1 Å². The fourth-order valence-corrected chi connectivity index (χ4v) is 3.80. The molecule has 0 aromatic carbocycles. The molecule has 0 aliphatic carbocycles. The Morgan fingerprint density at radius 2 is 1.95 bits per heavy atom. The van der Waals surface area contributed by atoms with E-state index in [0.717, 1.165) is 31.5 Å². The van der Waals surface area contributed by atoms with Crippen molar-refractivity contribution < 1.29 is 8.42 Å². The van der Waals surface area contributed by atoms with Gasteiger partial charge in [-0.3, -0.25) is 4.98 Å². The van der Waals surface area contributed by atoms with E-state index in [-0.39, 0.29) is 5.75 Å². The highest BCUT2D eigenvalue weighted by molar-refractivity contribution is 7.89. The van der Waals surface area contributed by atoms with E-state index in [1.165, 1.54) is 0 Å². The van der Waals surface area contributed by atoms with Crippen LogP contribution in [0.5, 0.6) is 0 Å². The Balaban J connectivity index is 1.74. The van der Waals surface area contributed by atoms with Crippen LogP contribution in [0, 0.1) is 5.92 Å². The fraction of sp³-hybridized carbons (Fsp3) is 0.615. The van der Waals surface area contributed by atoms with Crippen molar-refractivity contribution in [3.63, 3.8) is 0 Å². The second-order valence-electron chi connectivity index (χ2n) is 4.97. The predicted octanol–water partition coefficient (Wildman–Crippen LogP) is 0.543. The lowest BCUT2D eigenvalue weighted by molar-refractivity contribution is 0.400. The summed E-state index contributed by atoms with van der Waals surface area (Å²) < 4.78 is 26.6. The molecule has 0 atom stereocenters. The van der Waals surface area contributed by atoms with Crippen LogP contribution < -0.4 is 10.0 Å². The molecule has 19 heavy (non-hydrogen) atoms. The van der Waals surface area contributed by atoms with Gasteiger partial charge in [0.2, 0.25) is 10.0 Å². The van der Waals surface area contributed by atoms with Crippen molar-refractivity contribution in [1.29, 1.82) is 0 Å². The lowest BCUT2D eigenvalue weighted by Gasteiger charge is -2.22. The van der Waals surface area contributed by atoms with Crippen LogP contribution >= 0.6 is 0 Å².